The Kier molecular flexibility index (Phi) is 4.26. The van der Waals surface area contributed by atoms with E-state index in [1.807, 2.05) is 19.9 Å². The van der Waals surface area contributed by atoms with Crippen LogP contribution in [0.15, 0.2) is 24.3 Å². The lowest BCUT2D eigenvalue weighted by Crippen LogP contribution is -2.15. The number of Topliss-reactive ketones (excluding diaryl/α,β-unsaturated/α-hetero) is 1. The monoisotopic (exact) mass is 361 g/mol. The Morgan fingerprint density at radius 1 is 0.926 bits per heavy atom. The summed E-state index contributed by atoms with van der Waals surface area (Å²) in [6.45, 7) is 7.99. The van der Waals surface area contributed by atoms with Crippen molar-refractivity contribution >= 4 is 17.3 Å². The van der Waals surface area contributed by atoms with Crippen LogP contribution in [0.5, 0.6) is 0 Å². The van der Waals surface area contributed by atoms with E-state index in [1.54, 1.807) is 4.68 Å². The number of rotatable bonds is 3. The first-order valence-electron chi connectivity index (χ1n) is 9.24. The second-order valence-electron chi connectivity index (χ2n) is 7.31. The molecule has 1 aromatic carbocycles. The van der Waals surface area contributed by atoms with Gasteiger partial charge in [0.2, 0.25) is 0 Å². The van der Waals surface area contributed by atoms with Crippen LogP contribution >= 0.6 is 0 Å². The van der Waals surface area contributed by atoms with Gasteiger partial charge < -0.3 is 5.32 Å². The van der Waals surface area contributed by atoms with Crippen LogP contribution in [0.4, 0.5) is 11.5 Å². The molecule has 0 saturated heterocycles. The summed E-state index contributed by atoms with van der Waals surface area (Å²) in [5.41, 5.74) is 6.58. The molecule has 138 valence electrons. The lowest BCUT2D eigenvalue weighted by atomic mass is 9.96. The van der Waals surface area contributed by atoms with Crippen molar-refractivity contribution in [1.29, 1.82) is 0 Å². The first-order valence-corrected chi connectivity index (χ1v) is 9.24. The van der Waals surface area contributed by atoms with E-state index in [0.29, 0.717) is 23.8 Å². The molecule has 0 unspecified atom stereocenters. The number of hydrogen-bond acceptors (Lipinski definition) is 5. The highest BCUT2D eigenvalue weighted by Gasteiger charge is 2.28. The predicted octanol–water partition coefficient (Wildman–Crippen LogP) is 4.16. The van der Waals surface area contributed by atoms with Gasteiger partial charge in [0, 0.05) is 23.5 Å². The van der Waals surface area contributed by atoms with Gasteiger partial charge in [0.1, 0.15) is 0 Å². The zero-order valence-electron chi connectivity index (χ0n) is 16.1. The number of carbonyl (C=O) groups is 1. The van der Waals surface area contributed by atoms with Gasteiger partial charge in [-0.2, -0.15) is 0 Å². The Hall–Kier alpha value is -3.02. The molecule has 1 N–H and O–H groups in total. The average Bonchev–Trinajstić information content (AvgIpc) is 2.93. The molecule has 0 amide bonds. The Morgan fingerprint density at radius 3 is 2.26 bits per heavy atom. The van der Waals surface area contributed by atoms with Crippen LogP contribution in [-0.2, 0) is 6.42 Å². The van der Waals surface area contributed by atoms with Crippen LogP contribution in [0, 0.1) is 27.7 Å². The molecule has 0 radical (unpaired) electrons. The molecule has 4 rings (SSSR count). The van der Waals surface area contributed by atoms with Crippen molar-refractivity contribution in [3.05, 3.63) is 58.0 Å². The number of hydrogen-bond donors (Lipinski definition) is 1. The van der Waals surface area contributed by atoms with Crippen LogP contribution in [0.25, 0.3) is 5.95 Å². The molecule has 0 aliphatic heterocycles. The third-order valence-electron chi connectivity index (χ3n) is 4.72. The standard InChI is InChI=1S/C21H23N5O/c1-12-8-13(2)10-16(9-12)24-20-19-17(6-5-7-18(19)27)26(25-20)21-22-14(3)11-15(4)23-21/h8-11H,5-7H2,1-4H3,(H,24,25). The molecule has 6 heteroatoms. The quantitative estimate of drug-likeness (QED) is 0.758. The van der Waals surface area contributed by atoms with Crippen LogP contribution in [0.3, 0.4) is 0 Å². The molecule has 2 aromatic heterocycles. The van der Waals surface area contributed by atoms with E-state index in [-0.39, 0.29) is 5.78 Å². The maximum atomic E-state index is 12.7. The maximum absolute atomic E-state index is 12.7. The Bertz CT molecular complexity index is 1010. The van der Waals surface area contributed by atoms with Crippen LogP contribution in [0.1, 0.15) is 51.4 Å². The SMILES string of the molecule is Cc1cc(C)cc(Nc2nn(-c3nc(C)cc(C)n3)c3c2C(=O)CCC3)c1. The zero-order valence-corrected chi connectivity index (χ0v) is 16.1. The smallest absolute Gasteiger partial charge is 0.251 e. The number of anilines is 2. The van der Waals surface area contributed by atoms with Gasteiger partial charge in [-0.25, -0.2) is 14.6 Å². The fourth-order valence-corrected chi connectivity index (χ4v) is 3.76. The molecule has 2 heterocycles. The number of nitrogens with zero attached hydrogens (tertiary/aromatic N) is 4. The molecule has 1 aliphatic carbocycles. The summed E-state index contributed by atoms with van der Waals surface area (Å²) >= 11 is 0. The number of aromatic nitrogens is 4. The van der Waals surface area contributed by atoms with Crippen molar-refractivity contribution in [2.75, 3.05) is 5.32 Å². The summed E-state index contributed by atoms with van der Waals surface area (Å²) in [6, 6.07) is 8.16. The highest BCUT2D eigenvalue weighted by atomic mass is 16.1. The van der Waals surface area contributed by atoms with E-state index < -0.39 is 0 Å². The Labute approximate surface area is 158 Å². The topological polar surface area (TPSA) is 72.7 Å². The number of fused-ring (bicyclic) bond motifs is 1. The van der Waals surface area contributed by atoms with Gasteiger partial charge in [0.25, 0.3) is 5.95 Å². The lowest BCUT2D eigenvalue weighted by molar-refractivity contribution is 0.0973. The molecule has 3 aromatic rings. The summed E-state index contributed by atoms with van der Waals surface area (Å²) in [7, 11) is 0. The number of nitrogens with one attached hydrogen (secondary N) is 1. The minimum atomic E-state index is 0.124. The molecule has 0 saturated carbocycles. The van der Waals surface area contributed by atoms with Gasteiger partial charge in [0.15, 0.2) is 11.6 Å². The minimum Gasteiger partial charge on any atom is -0.338 e. The normalized spacial score (nSPS) is 13.6. The molecule has 0 spiro atoms. The third-order valence-corrected chi connectivity index (χ3v) is 4.72. The number of ketones is 1. The highest BCUT2D eigenvalue weighted by Crippen LogP contribution is 2.31. The third kappa shape index (κ3) is 3.35. The van der Waals surface area contributed by atoms with Gasteiger partial charge in [-0.1, -0.05) is 6.07 Å². The van der Waals surface area contributed by atoms with Crippen molar-refractivity contribution in [3.63, 3.8) is 0 Å². The first-order chi connectivity index (χ1) is 12.9. The van der Waals surface area contributed by atoms with Crippen molar-refractivity contribution in [1.82, 2.24) is 19.7 Å². The van der Waals surface area contributed by atoms with Gasteiger partial charge in [0.05, 0.1) is 11.3 Å². The maximum Gasteiger partial charge on any atom is 0.251 e. The highest BCUT2D eigenvalue weighted by molar-refractivity contribution is 6.03. The summed E-state index contributed by atoms with van der Waals surface area (Å²) in [6.07, 6.45) is 2.16. The van der Waals surface area contributed by atoms with E-state index in [9.17, 15) is 4.79 Å². The Balaban J connectivity index is 1.85. The van der Waals surface area contributed by atoms with Crippen molar-refractivity contribution in [2.45, 2.75) is 47.0 Å². The van der Waals surface area contributed by atoms with E-state index >= 15 is 0 Å². The van der Waals surface area contributed by atoms with Crippen molar-refractivity contribution in [3.8, 4) is 5.95 Å². The van der Waals surface area contributed by atoms with Crippen LogP contribution < -0.4 is 5.32 Å². The lowest BCUT2D eigenvalue weighted by Gasteiger charge is -2.13. The molecule has 0 bridgehead atoms. The second-order valence-corrected chi connectivity index (χ2v) is 7.31. The van der Waals surface area contributed by atoms with Gasteiger partial charge in [-0.15, -0.1) is 5.10 Å². The molecule has 27 heavy (non-hydrogen) atoms. The molecular weight excluding hydrogens is 338 g/mol. The summed E-state index contributed by atoms with van der Waals surface area (Å²) in [5, 5.41) is 8.06. The minimum absolute atomic E-state index is 0.124. The largest absolute Gasteiger partial charge is 0.338 e. The van der Waals surface area contributed by atoms with Crippen LogP contribution in [0.2, 0.25) is 0 Å². The molecule has 6 nitrogen and oxygen atoms in total. The number of aryl methyl sites for hydroxylation is 4. The number of carbonyl (C=O) groups excluding carboxylic acids is 1. The van der Waals surface area contributed by atoms with Crippen LogP contribution in [-0.4, -0.2) is 25.5 Å². The summed E-state index contributed by atoms with van der Waals surface area (Å²) < 4.78 is 1.73. The molecular formula is C21H23N5O. The van der Waals surface area contributed by atoms with Gasteiger partial charge in [-0.05, 0) is 69.9 Å². The van der Waals surface area contributed by atoms with Crippen molar-refractivity contribution in [2.24, 2.45) is 0 Å². The predicted molar refractivity (Wildman–Crippen MR) is 105 cm³/mol. The van der Waals surface area contributed by atoms with E-state index in [0.717, 1.165) is 46.7 Å². The van der Waals surface area contributed by atoms with Crippen molar-refractivity contribution < 1.29 is 4.79 Å². The first kappa shape index (κ1) is 17.4. The second kappa shape index (κ2) is 6.61. The molecule has 0 atom stereocenters. The fraction of sp³-hybridized carbons (Fsp3) is 0.333. The van der Waals surface area contributed by atoms with E-state index in [1.165, 1.54) is 0 Å². The Morgan fingerprint density at radius 2 is 1.59 bits per heavy atom. The van der Waals surface area contributed by atoms with E-state index in [4.69, 9.17) is 5.10 Å². The summed E-state index contributed by atoms with van der Waals surface area (Å²) in [5.74, 6) is 1.23. The summed E-state index contributed by atoms with van der Waals surface area (Å²) in [4.78, 5) is 21.7. The fourth-order valence-electron chi connectivity index (χ4n) is 3.76. The molecule has 1 aliphatic rings. The zero-order chi connectivity index (χ0) is 19.1. The van der Waals surface area contributed by atoms with E-state index in [2.05, 4.69) is 47.3 Å². The van der Waals surface area contributed by atoms with Gasteiger partial charge >= 0.3 is 0 Å². The van der Waals surface area contributed by atoms with Gasteiger partial charge in [-0.3, -0.25) is 4.79 Å². The average molecular weight is 361 g/mol. The molecule has 0 fully saturated rings. The number of benzene rings is 1.